The first-order chi connectivity index (χ1) is 14.7. The summed E-state index contributed by atoms with van der Waals surface area (Å²) in [5, 5.41) is 13.0. The summed E-state index contributed by atoms with van der Waals surface area (Å²) in [5.74, 6) is 0. The second-order valence-electron chi connectivity index (χ2n) is 7.69. The van der Waals surface area contributed by atoms with Crippen LogP contribution in [0.25, 0.3) is 21.8 Å². The van der Waals surface area contributed by atoms with Gasteiger partial charge in [-0.2, -0.15) is 4.31 Å². The molecule has 8 heteroatoms. The third-order valence-electron chi connectivity index (χ3n) is 5.38. The van der Waals surface area contributed by atoms with Gasteiger partial charge >= 0.3 is 0 Å². The second kappa shape index (κ2) is 8.67. The van der Waals surface area contributed by atoms with Crippen molar-refractivity contribution in [1.82, 2.24) is 8.87 Å². The zero-order valence-corrected chi connectivity index (χ0v) is 21.1. The zero-order valence-electron chi connectivity index (χ0n) is 17.1. The van der Waals surface area contributed by atoms with Gasteiger partial charge in [0.05, 0.1) is 17.5 Å². The Kier molecular flexibility index (Phi) is 6.29. The minimum absolute atomic E-state index is 0.00949. The van der Waals surface area contributed by atoms with Gasteiger partial charge in [0, 0.05) is 44.3 Å². The molecule has 0 radical (unpaired) electrons. The first kappa shape index (κ1) is 22.5. The molecule has 0 amide bonds. The fourth-order valence-electron chi connectivity index (χ4n) is 3.80. The molecule has 0 bridgehead atoms. The van der Waals surface area contributed by atoms with Crippen molar-refractivity contribution >= 4 is 63.7 Å². The van der Waals surface area contributed by atoms with Gasteiger partial charge in [0.2, 0.25) is 10.0 Å². The van der Waals surface area contributed by atoms with E-state index in [0.29, 0.717) is 0 Å². The van der Waals surface area contributed by atoms with E-state index in [1.165, 1.54) is 11.4 Å². The van der Waals surface area contributed by atoms with Gasteiger partial charge in [-0.1, -0.05) is 49.6 Å². The molecule has 1 heterocycles. The van der Waals surface area contributed by atoms with Gasteiger partial charge in [-0.25, -0.2) is 8.42 Å². The number of benzene rings is 3. The highest BCUT2D eigenvalue weighted by Gasteiger charge is 2.24. The van der Waals surface area contributed by atoms with Crippen molar-refractivity contribution in [2.75, 3.05) is 13.6 Å². The van der Waals surface area contributed by atoms with Crippen LogP contribution in [0.1, 0.15) is 5.56 Å². The number of rotatable bonds is 6. The third-order valence-corrected chi connectivity index (χ3v) is 8.20. The summed E-state index contributed by atoms with van der Waals surface area (Å²) in [6.45, 7) is 2.17. The molecule has 31 heavy (non-hydrogen) atoms. The number of likely N-dealkylation sites (N-methyl/N-ethyl adjacent to an activating group) is 1. The van der Waals surface area contributed by atoms with Crippen LogP contribution in [-0.2, 0) is 16.6 Å². The molecule has 4 aromatic rings. The predicted octanol–water partition coefficient (Wildman–Crippen LogP) is 5.31. The molecule has 0 spiro atoms. The number of nitrogens with zero attached hydrogens (tertiary/aromatic N) is 2. The first-order valence-electron chi connectivity index (χ1n) is 9.75. The topological polar surface area (TPSA) is 62.5 Å². The second-order valence-corrected chi connectivity index (χ2v) is 11.6. The van der Waals surface area contributed by atoms with Gasteiger partial charge in [-0.15, -0.1) is 0 Å². The van der Waals surface area contributed by atoms with Gasteiger partial charge in [-0.3, -0.25) is 0 Å². The number of sulfonamides is 1. The highest BCUT2D eigenvalue weighted by molar-refractivity contribution is 9.10. The van der Waals surface area contributed by atoms with E-state index in [1.807, 2.05) is 35.8 Å². The molecule has 0 saturated heterocycles. The van der Waals surface area contributed by atoms with E-state index in [2.05, 4.69) is 44.0 Å². The fraction of sp³-hybridized carbons (Fsp3) is 0.217. The van der Waals surface area contributed by atoms with E-state index in [1.54, 1.807) is 24.3 Å². The molecule has 0 fully saturated rings. The van der Waals surface area contributed by atoms with Crippen molar-refractivity contribution in [1.29, 1.82) is 0 Å². The summed E-state index contributed by atoms with van der Waals surface area (Å²) in [6, 6.07) is 18.8. The molecule has 1 aromatic heterocycles. The Morgan fingerprint density at radius 3 is 1.97 bits per heavy atom. The quantitative estimate of drug-likeness (QED) is 0.344. The van der Waals surface area contributed by atoms with Crippen LogP contribution in [0.2, 0.25) is 0 Å². The van der Waals surface area contributed by atoms with Crippen molar-refractivity contribution in [3.63, 3.8) is 0 Å². The smallest absolute Gasteiger partial charge is 0.242 e. The zero-order chi connectivity index (χ0) is 22.3. The van der Waals surface area contributed by atoms with E-state index >= 15 is 0 Å². The van der Waals surface area contributed by atoms with E-state index in [9.17, 15) is 13.5 Å². The summed E-state index contributed by atoms with van der Waals surface area (Å²) in [7, 11) is -2.18. The van der Waals surface area contributed by atoms with Crippen LogP contribution in [0.4, 0.5) is 0 Å². The molecule has 0 saturated carbocycles. The summed E-state index contributed by atoms with van der Waals surface area (Å²) in [4.78, 5) is 0.222. The molecular formula is C23H22Br2N2O3S. The van der Waals surface area contributed by atoms with Crippen LogP contribution in [0.15, 0.2) is 74.5 Å². The molecular weight excluding hydrogens is 544 g/mol. The number of aliphatic hydroxyl groups is 1. The van der Waals surface area contributed by atoms with Crippen LogP contribution >= 0.6 is 31.9 Å². The third kappa shape index (κ3) is 4.45. The van der Waals surface area contributed by atoms with Crippen LogP contribution < -0.4 is 0 Å². The molecule has 3 aromatic carbocycles. The fourth-order valence-corrected chi connectivity index (χ4v) is 5.73. The lowest BCUT2D eigenvalue weighted by Crippen LogP contribution is -2.36. The lowest BCUT2D eigenvalue weighted by Gasteiger charge is -2.22. The highest BCUT2D eigenvalue weighted by atomic mass is 79.9. The Balaban J connectivity index is 1.64. The maximum absolute atomic E-state index is 12.9. The van der Waals surface area contributed by atoms with Crippen molar-refractivity contribution < 1.29 is 13.5 Å². The van der Waals surface area contributed by atoms with Gasteiger partial charge in [0.1, 0.15) is 0 Å². The Bertz CT molecular complexity index is 1310. The maximum Gasteiger partial charge on any atom is 0.242 e. The Hall–Kier alpha value is -1.71. The van der Waals surface area contributed by atoms with Crippen molar-refractivity contribution in [3.05, 3.63) is 75.2 Å². The van der Waals surface area contributed by atoms with Crippen molar-refractivity contribution in [3.8, 4) is 0 Å². The van der Waals surface area contributed by atoms with E-state index in [-0.39, 0.29) is 18.0 Å². The molecule has 0 aliphatic carbocycles. The maximum atomic E-state index is 12.9. The lowest BCUT2D eigenvalue weighted by atomic mass is 10.2. The van der Waals surface area contributed by atoms with Crippen LogP contribution in [0.5, 0.6) is 0 Å². The molecule has 1 atom stereocenters. The highest BCUT2D eigenvalue weighted by Crippen LogP contribution is 2.33. The van der Waals surface area contributed by atoms with E-state index in [0.717, 1.165) is 36.3 Å². The first-order valence-corrected chi connectivity index (χ1v) is 12.8. The number of fused-ring (bicyclic) bond motifs is 3. The average Bonchev–Trinajstić information content (AvgIpc) is 3.00. The Labute approximate surface area is 198 Å². The Morgan fingerprint density at radius 2 is 1.45 bits per heavy atom. The van der Waals surface area contributed by atoms with Crippen LogP contribution in [0, 0.1) is 6.92 Å². The average molecular weight is 566 g/mol. The number of aryl methyl sites for hydroxylation is 1. The van der Waals surface area contributed by atoms with Gasteiger partial charge in [0.25, 0.3) is 0 Å². The molecule has 0 aliphatic heterocycles. The van der Waals surface area contributed by atoms with E-state index in [4.69, 9.17) is 0 Å². The molecule has 4 rings (SSSR count). The van der Waals surface area contributed by atoms with Gasteiger partial charge < -0.3 is 9.67 Å². The Morgan fingerprint density at radius 1 is 0.935 bits per heavy atom. The number of hydrogen-bond acceptors (Lipinski definition) is 3. The van der Waals surface area contributed by atoms with Crippen molar-refractivity contribution in [2.45, 2.75) is 24.5 Å². The molecule has 0 unspecified atom stereocenters. The monoisotopic (exact) mass is 564 g/mol. The van der Waals surface area contributed by atoms with E-state index < -0.39 is 16.1 Å². The molecule has 162 valence electrons. The number of aromatic nitrogens is 1. The molecule has 1 N–H and O–H groups in total. The summed E-state index contributed by atoms with van der Waals surface area (Å²) in [6.07, 6.45) is -0.878. The van der Waals surface area contributed by atoms with Gasteiger partial charge in [0.15, 0.2) is 0 Å². The number of aliphatic hydroxyl groups excluding tert-OH is 1. The minimum atomic E-state index is -3.67. The normalized spacial score (nSPS) is 13.4. The van der Waals surface area contributed by atoms with Crippen molar-refractivity contribution in [2.24, 2.45) is 0 Å². The summed E-state index contributed by atoms with van der Waals surface area (Å²) >= 11 is 7.07. The molecule has 5 nitrogen and oxygen atoms in total. The molecule has 0 aliphatic rings. The minimum Gasteiger partial charge on any atom is -0.390 e. The number of halogens is 2. The summed E-state index contributed by atoms with van der Waals surface area (Å²) < 4.78 is 31.0. The largest absolute Gasteiger partial charge is 0.390 e. The van der Waals surface area contributed by atoms with Gasteiger partial charge in [-0.05, 0) is 55.5 Å². The standard InChI is InChI=1S/C23H22Br2N2O3S/c1-15-3-7-19(8-4-15)31(29,30)26(2)13-18(28)14-27-22-9-5-16(24)11-20(22)21-12-17(25)6-10-23(21)27/h3-12,18,28H,13-14H2,1-2H3/t18-/m0/s1. The van der Waals surface area contributed by atoms with Crippen LogP contribution in [0.3, 0.4) is 0 Å². The summed E-state index contributed by atoms with van der Waals surface area (Å²) in [5.41, 5.74) is 2.96. The predicted molar refractivity (Wildman–Crippen MR) is 132 cm³/mol. The number of hydrogen-bond donors (Lipinski definition) is 1. The van der Waals surface area contributed by atoms with Crippen LogP contribution in [-0.4, -0.2) is 42.1 Å². The lowest BCUT2D eigenvalue weighted by molar-refractivity contribution is 0.136. The SMILES string of the molecule is Cc1ccc(S(=O)(=O)N(C)C[C@H](O)Cn2c3ccc(Br)cc3c3cc(Br)ccc32)cc1.